The molecule has 0 spiro atoms. The highest BCUT2D eigenvalue weighted by Crippen LogP contribution is 1.93. The number of hydrogen-bond donors (Lipinski definition) is 0. The molecule has 5 heteroatoms. The monoisotopic (exact) mass is 290 g/mol. The largest absolute Gasteiger partial charge is 0.415 e. The SMILES string of the molecule is CCCCOCCOCCOCCO[Si]CCCC. The lowest BCUT2D eigenvalue weighted by molar-refractivity contribution is 0.00908. The maximum atomic E-state index is 5.46. The van der Waals surface area contributed by atoms with Gasteiger partial charge in [0, 0.05) is 6.61 Å². The molecule has 0 N–H and O–H groups in total. The van der Waals surface area contributed by atoms with Crippen molar-refractivity contribution in [3.63, 3.8) is 0 Å². The standard InChI is InChI=1S/C14H30O4Si/c1-3-5-7-15-8-9-16-10-11-17-12-13-18-19-14-6-4-2/h3-14H2,1-2H3. The van der Waals surface area contributed by atoms with Gasteiger partial charge in [0.25, 0.3) is 0 Å². The average Bonchev–Trinajstić information content (AvgIpc) is 2.43. The van der Waals surface area contributed by atoms with E-state index < -0.39 is 0 Å². The molecule has 0 unspecified atom stereocenters. The van der Waals surface area contributed by atoms with E-state index in [2.05, 4.69) is 13.8 Å². The summed E-state index contributed by atoms with van der Waals surface area (Å²) in [6, 6.07) is 1.18. The summed E-state index contributed by atoms with van der Waals surface area (Å²) < 4.78 is 21.6. The Balaban J connectivity index is 2.88. The molecule has 2 radical (unpaired) electrons. The van der Waals surface area contributed by atoms with Gasteiger partial charge in [-0.25, -0.2) is 0 Å². The number of hydrogen-bond acceptors (Lipinski definition) is 4. The summed E-state index contributed by atoms with van der Waals surface area (Å²) in [5.74, 6) is 0. The van der Waals surface area contributed by atoms with E-state index in [0.717, 1.165) is 13.0 Å². The summed E-state index contributed by atoms with van der Waals surface area (Å²) in [6.07, 6.45) is 4.80. The zero-order valence-electron chi connectivity index (χ0n) is 12.6. The van der Waals surface area contributed by atoms with E-state index in [1.807, 2.05) is 0 Å². The third kappa shape index (κ3) is 18.1. The number of rotatable bonds is 16. The van der Waals surface area contributed by atoms with Gasteiger partial charge in [-0.15, -0.1) is 0 Å². The first-order valence-corrected chi connectivity index (χ1v) is 8.61. The zero-order chi connectivity index (χ0) is 14.0. The molecule has 0 aliphatic carbocycles. The van der Waals surface area contributed by atoms with Crippen molar-refractivity contribution >= 4 is 9.76 Å². The maximum Gasteiger partial charge on any atom is 0.229 e. The van der Waals surface area contributed by atoms with Crippen LogP contribution in [-0.2, 0) is 18.6 Å². The third-order valence-electron chi connectivity index (χ3n) is 2.45. The third-order valence-corrected chi connectivity index (χ3v) is 3.42. The van der Waals surface area contributed by atoms with Gasteiger partial charge in [0.05, 0.1) is 39.6 Å². The minimum Gasteiger partial charge on any atom is -0.415 e. The summed E-state index contributed by atoms with van der Waals surface area (Å²) >= 11 is 0. The lowest BCUT2D eigenvalue weighted by atomic mass is 10.4. The van der Waals surface area contributed by atoms with Crippen molar-refractivity contribution in [3.05, 3.63) is 0 Å². The quantitative estimate of drug-likeness (QED) is 0.323. The van der Waals surface area contributed by atoms with Crippen LogP contribution in [0.2, 0.25) is 6.04 Å². The Morgan fingerprint density at radius 3 is 1.74 bits per heavy atom. The number of unbranched alkanes of at least 4 members (excludes halogenated alkanes) is 2. The Morgan fingerprint density at radius 2 is 1.16 bits per heavy atom. The molecule has 0 aromatic carbocycles. The molecule has 114 valence electrons. The van der Waals surface area contributed by atoms with Crippen LogP contribution in [0.3, 0.4) is 0 Å². The van der Waals surface area contributed by atoms with E-state index in [0.29, 0.717) is 49.4 Å². The highest BCUT2D eigenvalue weighted by molar-refractivity contribution is 6.26. The summed E-state index contributed by atoms with van der Waals surface area (Å²) in [5, 5.41) is 0. The van der Waals surface area contributed by atoms with E-state index in [4.69, 9.17) is 18.6 Å². The van der Waals surface area contributed by atoms with Crippen LogP contribution in [0.15, 0.2) is 0 Å². The van der Waals surface area contributed by atoms with Crippen LogP contribution in [0.5, 0.6) is 0 Å². The maximum absolute atomic E-state index is 5.46. The predicted octanol–water partition coefficient (Wildman–Crippen LogP) is 2.69. The molecule has 0 saturated carbocycles. The van der Waals surface area contributed by atoms with Crippen molar-refractivity contribution in [2.45, 2.75) is 45.6 Å². The summed E-state index contributed by atoms with van der Waals surface area (Å²) in [6.45, 7) is 9.16. The van der Waals surface area contributed by atoms with Gasteiger partial charge in [0.15, 0.2) is 0 Å². The van der Waals surface area contributed by atoms with E-state index in [1.165, 1.54) is 25.3 Å². The minimum atomic E-state index is 0.623. The van der Waals surface area contributed by atoms with E-state index in [9.17, 15) is 0 Å². The van der Waals surface area contributed by atoms with Crippen LogP contribution in [0.4, 0.5) is 0 Å². The molecule has 0 aromatic heterocycles. The van der Waals surface area contributed by atoms with Crippen LogP contribution >= 0.6 is 0 Å². The van der Waals surface area contributed by atoms with Crippen molar-refractivity contribution in [1.29, 1.82) is 0 Å². The van der Waals surface area contributed by atoms with Crippen molar-refractivity contribution < 1.29 is 18.6 Å². The van der Waals surface area contributed by atoms with Crippen molar-refractivity contribution in [2.75, 3.05) is 46.2 Å². The average molecular weight is 290 g/mol. The van der Waals surface area contributed by atoms with Crippen molar-refractivity contribution in [2.24, 2.45) is 0 Å². The van der Waals surface area contributed by atoms with Crippen LogP contribution in [0, 0.1) is 0 Å². The highest BCUT2D eigenvalue weighted by atomic mass is 28.2. The first-order valence-electron chi connectivity index (χ1n) is 7.49. The van der Waals surface area contributed by atoms with Crippen LogP contribution in [-0.4, -0.2) is 56.0 Å². The molecule has 0 aliphatic heterocycles. The molecule has 19 heavy (non-hydrogen) atoms. The van der Waals surface area contributed by atoms with Crippen LogP contribution in [0.25, 0.3) is 0 Å². The number of ether oxygens (including phenoxy) is 3. The molecule has 0 aliphatic rings. The molecule has 0 fully saturated rings. The van der Waals surface area contributed by atoms with E-state index >= 15 is 0 Å². The van der Waals surface area contributed by atoms with Gasteiger partial charge in [0.2, 0.25) is 9.76 Å². The molecule has 0 rings (SSSR count). The second-order valence-electron chi connectivity index (χ2n) is 4.29. The smallest absolute Gasteiger partial charge is 0.229 e. The Hall–Kier alpha value is 0.0569. The first-order chi connectivity index (χ1) is 9.41. The summed E-state index contributed by atoms with van der Waals surface area (Å²) in [5.41, 5.74) is 0. The fourth-order valence-electron chi connectivity index (χ4n) is 1.28. The second-order valence-corrected chi connectivity index (χ2v) is 5.36. The van der Waals surface area contributed by atoms with Gasteiger partial charge >= 0.3 is 0 Å². The van der Waals surface area contributed by atoms with Crippen LogP contribution in [0.1, 0.15) is 39.5 Å². The van der Waals surface area contributed by atoms with Crippen LogP contribution < -0.4 is 0 Å². The molecule has 0 heterocycles. The van der Waals surface area contributed by atoms with E-state index in [-0.39, 0.29) is 0 Å². The molecule has 0 atom stereocenters. The Labute approximate surface area is 121 Å². The topological polar surface area (TPSA) is 36.9 Å². The van der Waals surface area contributed by atoms with Gasteiger partial charge < -0.3 is 18.6 Å². The Kier molecular flexibility index (Phi) is 18.1. The normalized spacial score (nSPS) is 11.1. The Bertz CT molecular complexity index is 142. The predicted molar refractivity (Wildman–Crippen MR) is 78.8 cm³/mol. The molecule has 0 bridgehead atoms. The highest BCUT2D eigenvalue weighted by Gasteiger charge is 1.93. The van der Waals surface area contributed by atoms with Gasteiger partial charge in [-0.3, -0.25) is 0 Å². The van der Waals surface area contributed by atoms with Crippen molar-refractivity contribution in [3.8, 4) is 0 Å². The molecule has 4 nitrogen and oxygen atoms in total. The van der Waals surface area contributed by atoms with Crippen molar-refractivity contribution in [1.82, 2.24) is 0 Å². The first kappa shape index (κ1) is 19.1. The Morgan fingerprint density at radius 1 is 0.632 bits per heavy atom. The molecular formula is C14H30O4Si. The van der Waals surface area contributed by atoms with E-state index in [1.54, 1.807) is 0 Å². The minimum absolute atomic E-state index is 0.623. The molecule has 0 amide bonds. The summed E-state index contributed by atoms with van der Waals surface area (Å²) in [4.78, 5) is 0. The lowest BCUT2D eigenvalue weighted by Gasteiger charge is -2.07. The van der Waals surface area contributed by atoms with Gasteiger partial charge in [-0.2, -0.15) is 0 Å². The zero-order valence-corrected chi connectivity index (χ0v) is 13.6. The molecule has 0 saturated heterocycles. The fraction of sp³-hybridized carbons (Fsp3) is 1.00. The summed E-state index contributed by atoms with van der Waals surface area (Å²) in [7, 11) is 0.623. The molecular weight excluding hydrogens is 260 g/mol. The molecule has 0 aromatic rings. The second kappa shape index (κ2) is 18.1. The lowest BCUT2D eigenvalue weighted by Crippen LogP contribution is -2.12. The fourth-order valence-corrected chi connectivity index (χ4v) is 2.15. The van der Waals surface area contributed by atoms with Gasteiger partial charge in [-0.05, 0) is 12.5 Å². The van der Waals surface area contributed by atoms with Gasteiger partial charge in [-0.1, -0.05) is 33.1 Å². The van der Waals surface area contributed by atoms with Gasteiger partial charge in [0.1, 0.15) is 0 Å².